The number of hydrogen-bond acceptors (Lipinski definition) is 2. The molecule has 4 heteroatoms. The van der Waals surface area contributed by atoms with E-state index >= 15 is 0 Å². The molecule has 0 aliphatic carbocycles. The summed E-state index contributed by atoms with van der Waals surface area (Å²) in [6.07, 6.45) is 0. The molecule has 0 N–H and O–H groups in total. The van der Waals surface area contributed by atoms with E-state index in [4.69, 9.17) is 9.97 Å². The van der Waals surface area contributed by atoms with Crippen molar-refractivity contribution in [2.24, 2.45) is 14.1 Å². The number of rotatable bonds is 6. The predicted molar refractivity (Wildman–Crippen MR) is 321 cm³/mol. The second-order valence-electron chi connectivity index (χ2n) is 20.5. The summed E-state index contributed by atoms with van der Waals surface area (Å²) >= 11 is 0. The molecular weight excluding hydrogens is 921 g/mol. The molecule has 0 amide bonds. The van der Waals surface area contributed by atoms with Gasteiger partial charge in [0.05, 0.1) is 22.1 Å². The van der Waals surface area contributed by atoms with E-state index in [1.807, 2.05) is 0 Å². The van der Waals surface area contributed by atoms with Gasteiger partial charge in [-0.3, -0.25) is 0 Å². The highest BCUT2D eigenvalue weighted by molar-refractivity contribution is 6.33. The van der Waals surface area contributed by atoms with Crippen LogP contribution >= 0.6 is 0 Å². The first-order valence-electron chi connectivity index (χ1n) is 26.2. The van der Waals surface area contributed by atoms with Crippen LogP contribution in [0, 0.1) is 0 Å². The highest BCUT2D eigenvalue weighted by Crippen LogP contribution is 2.52. The van der Waals surface area contributed by atoms with Crippen LogP contribution in [-0.4, -0.2) is 19.1 Å². The zero-order valence-corrected chi connectivity index (χ0v) is 41.9. The van der Waals surface area contributed by atoms with Gasteiger partial charge in [-0.05, 0) is 156 Å². The van der Waals surface area contributed by atoms with Crippen molar-refractivity contribution < 1.29 is 0 Å². The lowest BCUT2D eigenvalue weighted by Crippen LogP contribution is -1.95. The molecule has 0 aliphatic heterocycles. The zero-order valence-electron chi connectivity index (χ0n) is 41.9. The summed E-state index contributed by atoms with van der Waals surface area (Å²) < 4.78 is 4.47. The van der Waals surface area contributed by atoms with Crippen molar-refractivity contribution in [3.05, 3.63) is 243 Å². The Morgan fingerprint density at radius 2 is 0.671 bits per heavy atom. The molecule has 354 valence electrons. The van der Waals surface area contributed by atoms with Crippen LogP contribution in [0.3, 0.4) is 0 Å². The van der Waals surface area contributed by atoms with Gasteiger partial charge in [0.1, 0.15) is 11.6 Å². The van der Waals surface area contributed by atoms with E-state index < -0.39 is 0 Å². The Balaban J connectivity index is 1.01. The molecule has 0 saturated heterocycles. The molecule has 4 nitrogen and oxygen atoms in total. The van der Waals surface area contributed by atoms with Crippen molar-refractivity contribution in [1.29, 1.82) is 0 Å². The van der Waals surface area contributed by atoms with Crippen LogP contribution in [0.15, 0.2) is 243 Å². The number of imidazole rings is 2. The van der Waals surface area contributed by atoms with Gasteiger partial charge in [-0.25, -0.2) is 9.97 Å². The molecule has 2 heterocycles. The van der Waals surface area contributed by atoms with Gasteiger partial charge in [0, 0.05) is 25.2 Å². The molecule has 0 aliphatic rings. The Kier molecular flexibility index (Phi) is 9.13. The van der Waals surface area contributed by atoms with Crippen LogP contribution in [0.4, 0.5) is 0 Å². The molecule has 0 atom stereocenters. The van der Waals surface area contributed by atoms with Gasteiger partial charge in [-0.1, -0.05) is 206 Å². The molecule has 16 rings (SSSR count). The van der Waals surface area contributed by atoms with Crippen molar-refractivity contribution in [3.8, 4) is 67.3 Å². The van der Waals surface area contributed by atoms with Crippen molar-refractivity contribution in [2.75, 3.05) is 0 Å². The van der Waals surface area contributed by atoms with E-state index in [1.165, 1.54) is 109 Å². The van der Waals surface area contributed by atoms with E-state index in [0.717, 1.165) is 56.0 Å². The first-order chi connectivity index (χ1) is 37.5. The molecule has 0 bridgehead atoms. The molecule has 0 spiro atoms. The maximum Gasteiger partial charge on any atom is 0.140 e. The number of hydrogen-bond donors (Lipinski definition) is 0. The second-order valence-corrected chi connectivity index (χ2v) is 20.5. The summed E-state index contributed by atoms with van der Waals surface area (Å²) in [4.78, 5) is 10.3. The normalized spacial score (nSPS) is 12.1. The fourth-order valence-corrected chi connectivity index (χ4v) is 13.0. The third kappa shape index (κ3) is 6.19. The topological polar surface area (TPSA) is 35.6 Å². The van der Waals surface area contributed by atoms with Crippen LogP contribution in [0.25, 0.3) is 165 Å². The molecule has 0 saturated carbocycles. The molecule has 0 radical (unpaired) electrons. The number of aromatic nitrogens is 4. The largest absolute Gasteiger partial charge is 0.327 e. The highest BCUT2D eigenvalue weighted by Gasteiger charge is 2.25. The maximum atomic E-state index is 5.15. The van der Waals surface area contributed by atoms with Gasteiger partial charge < -0.3 is 9.13 Å². The molecule has 0 unspecified atom stereocenters. The maximum absolute atomic E-state index is 5.15. The number of fused-ring (bicyclic) bond motifs is 6. The molecule has 76 heavy (non-hydrogen) atoms. The lowest BCUT2D eigenvalue weighted by Gasteiger charge is -2.23. The summed E-state index contributed by atoms with van der Waals surface area (Å²) in [6, 6.07) is 89.7. The van der Waals surface area contributed by atoms with Crippen LogP contribution in [0.5, 0.6) is 0 Å². The van der Waals surface area contributed by atoms with E-state index in [1.54, 1.807) is 0 Å². The van der Waals surface area contributed by atoms with Gasteiger partial charge >= 0.3 is 0 Å². The summed E-state index contributed by atoms with van der Waals surface area (Å²) in [7, 11) is 4.26. The summed E-state index contributed by atoms with van der Waals surface area (Å²) in [5.41, 5.74) is 15.9. The van der Waals surface area contributed by atoms with Crippen LogP contribution in [-0.2, 0) is 14.1 Å². The first kappa shape index (κ1) is 42.6. The van der Waals surface area contributed by atoms with E-state index in [-0.39, 0.29) is 0 Å². The van der Waals surface area contributed by atoms with Crippen LogP contribution < -0.4 is 0 Å². The van der Waals surface area contributed by atoms with E-state index in [0.29, 0.717) is 0 Å². The lowest BCUT2D eigenvalue weighted by molar-refractivity contribution is 0.959. The van der Waals surface area contributed by atoms with Gasteiger partial charge in [-0.2, -0.15) is 0 Å². The minimum Gasteiger partial charge on any atom is -0.327 e. The second kappa shape index (κ2) is 16.3. The van der Waals surface area contributed by atoms with Crippen LogP contribution in [0.2, 0.25) is 0 Å². The van der Waals surface area contributed by atoms with Crippen molar-refractivity contribution in [2.45, 2.75) is 0 Å². The fourth-order valence-electron chi connectivity index (χ4n) is 13.0. The average Bonchev–Trinajstić information content (AvgIpc) is 4.02. The smallest absolute Gasteiger partial charge is 0.140 e. The summed E-state index contributed by atoms with van der Waals surface area (Å²) in [5.74, 6) is 1.91. The number of aryl methyl sites for hydroxylation is 2. The molecule has 14 aromatic carbocycles. The SMILES string of the molecule is Cn1c(-c2ccccc2)nc2ccc(-c3cccc4c(-c5c6ccccc6c(-c6cc7cccc8ccc9cccc6c9c87)c6ccccc56)c5cccc(-c6ccc7nc(-c8ccccc8)n(C)c7c6)c5cc34)cc21. The average molecular weight is 967 g/mol. The quantitative estimate of drug-likeness (QED) is 0.123. The van der Waals surface area contributed by atoms with Gasteiger partial charge in [-0.15, -0.1) is 0 Å². The Hall–Kier alpha value is -9.90. The monoisotopic (exact) mass is 966 g/mol. The Morgan fingerprint density at radius 1 is 0.263 bits per heavy atom. The van der Waals surface area contributed by atoms with E-state index in [9.17, 15) is 0 Å². The fraction of sp³-hybridized carbons (Fsp3) is 0.0278. The number of benzene rings is 14. The minimum atomic E-state index is 0.953. The van der Waals surface area contributed by atoms with Gasteiger partial charge in [0.2, 0.25) is 0 Å². The summed E-state index contributed by atoms with van der Waals surface area (Å²) in [5, 5.41) is 17.4. The standard InChI is InChI=1S/C72H46N4/c1-75-64-40-47(35-37-62(64)73-71(75)45-17-5-3-6-18-45)50-28-15-31-56-59(50)42-60-51(48-36-38-63-65(41-48)76(2)72(74-63)46-19-7-4-8-20-46)29-16-32-57(60)70(56)69-54-26-11-9-24-52(54)68(53-25-10-12-27-55(53)69)61-39-49-23-13-21-43-33-34-44-22-14-30-58(61)67(44)66(43)49/h3-42H,1-2H3. The van der Waals surface area contributed by atoms with E-state index in [2.05, 4.69) is 266 Å². The minimum absolute atomic E-state index is 0.953. The number of nitrogens with zero attached hydrogens (tertiary/aromatic N) is 4. The third-order valence-electron chi connectivity index (χ3n) is 16.4. The molecular formula is C72H46N4. The highest BCUT2D eigenvalue weighted by atomic mass is 15.1. The summed E-state index contributed by atoms with van der Waals surface area (Å²) in [6.45, 7) is 0. The third-order valence-corrected chi connectivity index (χ3v) is 16.4. The van der Waals surface area contributed by atoms with Crippen molar-refractivity contribution >= 4 is 97.5 Å². The van der Waals surface area contributed by atoms with Crippen molar-refractivity contribution in [1.82, 2.24) is 19.1 Å². The van der Waals surface area contributed by atoms with Gasteiger partial charge in [0.25, 0.3) is 0 Å². The van der Waals surface area contributed by atoms with Crippen LogP contribution in [0.1, 0.15) is 0 Å². The molecule has 2 aromatic heterocycles. The van der Waals surface area contributed by atoms with Gasteiger partial charge in [0.15, 0.2) is 0 Å². The van der Waals surface area contributed by atoms with Crippen molar-refractivity contribution in [3.63, 3.8) is 0 Å². The zero-order chi connectivity index (χ0) is 50.2. The molecule has 16 aromatic rings. The Morgan fingerprint density at radius 3 is 1.20 bits per heavy atom. The first-order valence-corrected chi connectivity index (χ1v) is 26.2. The Bertz CT molecular complexity index is 4820. The predicted octanol–water partition coefficient (Wildman–Crippen LogP) is 19.0. The lowest BCUT2D eigenvalue weighted by atomic mass is 9.80. The Labute approximate surface area is 438 Å². The molecule has 0 fully saturated rings.